The monoisotopic (exact) mass is 418 g/mol. The fourth-order valence-corrected chi connectivity index (χ4v) is 3.73. The first-order chi connectivity index (χ1) is 14.6. The molecule has 0 fully saturated rings. The molecule has 0 aliphatic carbocycles. The van der Waals surface area contributed by atoms with Gasteiger partial charge in [0, 0.05) is 29.4 Å². The Morgan fingerprint density at radius 3 is 2.47 bits per heavy atom. The number of nitrogens with zero attached hydrogens (tertiary/aromatic N) is 2. The van der Waals surface area contributed by atoms with Crippen molar-refractivity contribution in [1.82, 2.24) is 9.55 Å². The lowest BCUT2D eigenvalue weighted by Gasteiger charge is -2.09. The number of imidazole rings is 1. The minimum Gasteiger partial charge on any atom is -0.328 e. The second-order valence-electron chi connectivity index (χ2n) is 7.05. The number of rotatable bonds is 6. The quantitative estimate of drug-likeness (QED) is 0.395. The minimum atomic E-state index is -0.304. The van der Waals surface area contributed by atoms with Crippen molar-refractivity contribution in [1.29, 1.82) is 0 Å². The first kappa shape index (κ1) is 20.0. The predicted octanol–water partition coefficient (Wildman–Crippen LogP) is 6.14. The van der Waals surface area contributed by atoms with Crippen LogP contribution >= 0.6 is 11.6 Å². The van der Waals surface area contributed by atoms with Gasteiger partial charge in [0.05, 0.1) is 11.0 Å². The second kappa shape index (κ2) is 9.01. The van der Waals surface area contributed by atoms with Gasteiger partial charge in [-0.15, -0.1) is 0 Å². The van der Waals surface area contributed by atoms with Gasteiger partial charge in [-0.1, -0.05) is 41.9 Å². The van der Waals surface area contributed by atoms with Crippen LogP contribution in [0.5, 0.6) is 0 Å². The first-order valence-electron chi connectivity index (χ1n) is 9.99. The topological polar surface area (TPSA) is 59.0 Å². The number of halogens is 1. The number of hydrogen-bond donors (Lipinski definition) is 2. The molecule has 152 valence electrons. The Bertz CT molecular complexity index is 1170. The zero-order valence-electron chi connectivity index (χ0n) is 16.7. The van der Waals surface area contributed by atoms with Crippen molar-refractivity contribution in [2.45, 2.75) is 26.3 Å². The summed E-state index contributed by atoms with van der Waals surface area (Å²) in [6, 6.07) is 22.9. The van der Waals surface area contributed by atoms with Crippen LogP contribution < -0.4 is 10.6 Å². The summed E-state index contributed by atoms with van der Waals surface area (Å²) in [6.07, 6.45) is 1.75. The summed E-state index contributed by atoms with van der Waals surface area (Å²) in [6.45, 7) is 3.05. The average Bonchev–Trinajstić information content (AvgIpc) is 3.10. The molecule has 0 spiro atoms. The Balaban J connectivity index is 1.36. The lowest BCUT2D eigenvalue weighted by molar-refractivity contribution is 0.262. The molecule has 0 saturated carbocycles. The SMILES string of the molecule is CCn1c(CCc2ccc(NC(=O)Nc3cccc(Cl)c3)cc2)nc2ccccc21. The van der Waals surface area contributed by atoms with Crippen LogP contribution in [-0.4, -0.2) is 15.6 Å². The highest BCUT2D eigenvalue weighted by atomic mass is 35.5. The molecule has 0 aliphatic heterocycles. The second-order valence-corrected chi connectivity index (χ2v) is 7.48. The van der Waals surface area contributed by atoms with Crippen LogP contribution in [-0.2, 0) is 19.4 Å². The number of fused-ring (bicyclic) bond motifs is 1. The molecule has 1 heterocycles. The zero-order valence-corrected chi connectivity index (χ0v) is 17.5. The van der Waals surface area contributed by atoms with E-state index in [0.29, 0.717) is 10.7 Å². The summed E-state index contributed by atoms with van der Waals surface area (Å²) >= 11 is 5.94. The lowest BCUT2D eigenvalue weighted by atomic mass is 10.1. The van der Waals surface area contributed by atoms with Gasteiger partial charge in [-0.25, -0.2) is 9.78 Å². The summed E-state index contributed by atoms with van der Waals surface area (Å²) in [5.74, 6) is 1.10. The highest BCUT2D eigenvalue weighted by molar-refractivity contribution is 6.30. The third-order valence-electron chi connectivity index (χ3n) is 4.98. The fourth-order valence-electron chi connectivity index (χ4n) is 3.54. The van der Waals surface area contributed by atoms with E-state index >= 15 is 0 Å². The smallest absolute Gasteiger partial charge is 0.323 e. The molecule has 2 N–H and O–H groups in total. The molecule has 30 heavy (non-hydrogen) atoms. The first-order valence-corrected chi connectivity index (χ1v) is 10.4. The van der Waals surface area contributed by atoms with E-state index in [-0.39, 0.29) is 6.03 Å². The van der Waals surface area contributed by atoms with Gasteiger partial charge in [0.2, 0.25) is 0 Å². The number of amides is 2. The van der Waals surface area contributed by atoms with E-state index in [4.69, 9.17) is 16.6 Å². The molecule has 0 aliphatic rings. The minimum absolute atomic E-state index is 0.304. The summed E-state index contributed by atoms with van der Waals surface area (Å²) in [7, 11) is 0. The predicted molar refractivity (Wildman–Crippen MR) is 123 cm³/mol. The molecule has 0 saturated heterocycles. The van der Waals surface area contributed by atoms with Crippen molar-refractivity contribution >= 4 is 40.0 Å². The molecular weight excluding hydrogens is 396 g/mol. The number of para-hydroxylation sites is 2. The Hall–Kier alpha value is -3.31. The van der Waals surface area contributed by atoms with E-state index in [1.54, 1.807) is 24.3 Å². The Morgan fingerprint density at radius 1 is 0.933 bits per heavy atom. The molecule has 4 rings (SSSR count). The number of aryl methyl sites for hydroxylation is 3. The molecule has 1 aromatic heterocycles. The average molecular weight is 419 g/mol. The van der Waals surface area contributed by atoms with Gasteiger partial charge in [0.1, 0.15) is 5.82 Å². The number of carbonyl (C=O) groups excluding carboxylic acids is 1. The Kier molecular flexibility index (Phi) is 6.00. The van der Waals surface area contributed by atoms with E-state index in [1.807, 2.05) is 36.4 Å². The highest BCUT2D eigenvalue weighted by Crippen LogP contribution is 2.19. The molecule has 6 heteroatoms. The van der Waals surface area contributed by atoms with Crippen molar-refractivity contribution in [2.24, 2.45) is 0 Å². The van der Waals surface area contributed by atoms with Crippen LogP contribution in [0.15, 0.2) is 72.8 Å². The Morgan fingerprint density at radius 2 is 1.70 bits per heavy atom. The third-order valence-corrected chi connectivity index (χ3v) is 5.22. The molecule has 3 aromatic carbocycles. The number of urea groups is 1. The molecule has 0 unspecified atom stereocenters. The van der Waals surface area contributed by atoms with Crippen molar-refractivity contribution < 1.29 is 4.79 Å². The van der Waals surface area contributed by atoms with Crippen molar-refractivity contribution in [2.75, 3.05) is 10.6 Å². The van der Waals surface area contributed by atoms with Crippen LogP contribution in [0, 0.1) is 0 Å². The summed E-state index contributed by atoms with van der Waals surface area (Å²) in [4.78, 5) is 17.0. The zero-order chi connectivity index (χ0) is 20.9. The van der Waals surface area contributed by atoms with E-state index in [2.05, 4.69) is 34.3 Å². The van der Waals surface area contributed by atoms with E-state index in [1.165, 1.54) is 11.1 Å². The van der Waals surface area contributed by atoms with Gasteiger partial charge in [0.25, 0.3) is 0 Å². The number of hydrogen-bond acceptors (Lipinski definition) is 2. The van der Waals surface area contributed by atoms with Crippen LogP contribution in [0.4, 0.5) is 16.2 Å². The van der Waals surface area contributed by atoms with E-state index in [0.717, 1.165) is 36.4 Å². The summed E-state index contributed by atoms with van der Waals surface area (Å²) < 4.78 is 2.27. The van der Waals surface area contributed by atoms with Gasteiger partial charge in [0.15, 0.2) is 0 Å². The lowest BCUT2D eigenvalue weighted by Crippen LogP contribution is -2.19. The maximum atomic E-state index is 12.2. The normalized spacial score (nSPS) is 10.9. The molecule has 0 radical (unpaired) electrons. The molecule has 4 aromatic rings. The van der Waals surface area contributed by atoms with Crippen LogP contribution in [0.1, 0.15) is 18.3 Å². The van der Waals surface area contributed by atoms with Crippen LogP contribution in [0.25, 0.3) is 11.0 Å². The largest absolute Gasteiger partial charge is 0.328 e. The number of carbonyl (C=O) groups is 1. The fraction of sp³-hybridized carbons (Fsp3) is 0.167. The van der Waals surface area contributed by atoms with E-state index in [9.17, 15) is 4.79 Å². The van der Waals surface area contributed by atoms with Gasteiger partial charge in [-0.3, -0.25) is 0 Å². The number of aromatic nitrogens is 2. The molecular formula is C24H23ClN4O. The number of benzene rings is 3. The third kappa shape index (κ3) is 4.63. The van der Waals surface area contributed by atoms with Crippen molar-refractivity contribution in [3.8, 4) is 0 Å². The highest BCUT2D eigenvalue weighted by Gasteiger charge is 2.09. The van der Waals surface area contributed by atoms with Gasteiger partial charge in [-0.2, -0.15) is 0 Å². The molecule has 0 atom stereocenters. The van der Waals surface area contributed by atoms with Crippen LogP contribution in [0.2, 0.25) is 5.02 Å². The van der Waals surface area contributed by atoms with Crippen molar-refractivity contribution in [3.05, 3.63) is 89.2 Å². The molecule has 2 amide bonds. The van der Waals surface area contributed by atoms with Gasteiger partial charge >= 0.3 is 6.03 Å². The van der Waals surface area contributed by atoms with Gasteiger partial charge in [-0.05, 0) is 61.4 Å². The standard InChI is InChI=1S/C24H23ClN4O/c1-2-29-22-9-4-3-8-21(22)28-23(29)15-12-17-10-13-19(14-11-17)26-24(30)27-20-7-5-6-18(25)16-20/h3-11,13-14,16H,2,12,15H2,1H3,(H2,26,27,30). The maximum absolute atomic E-state index is 12.2. The van der Waals surface area contributed by atoms with E-state index < -0.39 is 0 Å². The number of anilines is 2. The summed E-state index contributed by atoms with van der Waals surface area (Å²) in [5.41, 5.74) is 4.81. The maximum Gasteiger partial charge on any atom is 0.323 e. The molecule has 5 nitrogen and oxygen atoms in total. The van der Waals surface area contributed by atoms with Crippen LogP contribution in [0.3, 0.4) is 0 Å². The van der Waals surface area contributed by atoms with Crippen molar-refractivity contribution in [3.63, 3.8) is 0 Å². The summed E-state index contributed by atoms with van der Waals surface area (Å²) in [5, 5.41) is 6.19. The molecule has 0 bridgehead atoms. The Labute approximate surface area is 180 Å². The van der Waals surface area contributed by atoms with Gasteiger partial charge < -0.3 is 15.2 Å². The number of nitrogens with one attached hydrogen (secondary N) is 2.